The number of carbonyl (C=O) groups excluding carboxylic acids is 1. The summed E-state index contributed by atoms with van der Waals surface area (Å²) >= 11 is 5.70. The second-order valence-electron chi connectivity index (χ2n) is 3.56. The van der Waals surface area contributed by atoms with Crippen LogP contribution in [0, 0.1) is 0 Å². The maximum absolute atomic E-state index is 11.7. The first-order chi connectivity index (χ1) is 8.08. The molecule has 0 aliphatic heterocycles. The van der Waals surface area contributed by atoms with Gasteiger partial charge >= 0.3 is 0 Å². The molecule has 0 bridgehead atoms. The normalized spacial score (nSPS) is 10.8. The SMILES string of the molecule is O=C(CCOCC(F)F)Cc1ccc(Cl)cc1. The number of ether oxygens (including phenoxy) is 1. The lowest BCUT2D eigenvalue weighted by molar-refractivity contribution is -0.119. The van der Waals surface area contributed by atoms with Crippen LogP contribution in [0.1, 0.15) is 12.0 Å². The number of benzene rings is 1. The van der Waals surface area contributed by atoms with Crippen molar-refractivity contribution in [1.29, 1.82) is 0 Å². The van der Waals surface area contributed by atoms with E-state index in [2.05, 4.69) is 4.74 Å². The molecular formula is C12H13ClF2O2. The van der Waals surface area contributed by atoms with Crippen LogP contribution in [0.2, 0.25) is 5.02 Å². The minimum absolute atomic E-state index is 0.0385. The first-order valence-corrected chi connectivity index (χ1v) is 5.58. The third-order valence-electron chi connectivity index (χ3n) is 2.08. The van der Waals surface area contributed by atoms with E-state index in [1.54, 1.807) is 24.3 Å². The predicted octanol–water partition coefficient (Wildman–Crippen LogP) is 3.12. The van der Waals surface area contributed by atoms with Crippen molar-refractivity contribution in [2.75, 3.05) is 13.2 Å². The Kier molecular flexibility index (Phi) is 6.08. The highest BCUT2D eigenvalue weighted by Crippen LogP contribution is 2.10. The van der Waals surface area contributed by atoms with E-state index in [4.69, 9.17) is 11.6 Å². The van der Waals surface area contributed by atoms with Crippen molar-refractivity contribution in [2.24, 2.45) is 0 Å². The number of hydrogen-bond acceptors (Lipinski definition) is 2. The Morgan fingerprint density at radius 1 is 1.29 bits per heavy atom. The molecule has 1 aromatic rings. The third kappa shape index (κ3) is 6.34. The van der Waals surface area contributed by atoms with Gasteiger partial charge in [0.2, 0.25) is 0 Å². The van der Waals surface area contributed by atoms with Crippen molar-refractivity contribution in [3.8, 4) is 0 Å². The molecule has 5 heteroatoms. The highest BCUT2D eigenvalue weighted by atomic mass is 35.5. The largest absolute Gasteiger partial charge is 0.375 e. The number of ketones is 1. The average molecular weight is 263 g/mol. The van der Waals surface area contributed by atoms with E-state index in [0.29, 0.717) is 5.02 Å². The summed E-state index contributed by atoms with van der Waals surface area (Å²) < 4.78 is 28.1. The summed E-state index contributed by atoms with van der Waals surface area (Å²) in [4.78, 5) is 11.4. The lowest BCUT2D eigenvalue weighted by atomic mass is 10.1. The van der Waals surface area contributed by atoms with E-state index in [0.717, 1.165) is 5.56 Å². The molecule has 0 heterocycles. The van der Waals surface area contributed by atoms with Gasteiger partial charge in [-0.3, -0.25) is 4.79 Å². The molecule has 0 aliphatic rings. The van der Waals surface area contributed by atoms with E-state index in [1.165, 1.54) is 0 Å². The quantitative estimate of drug-likeness (QED) is 0.706. The monoisotopic (exact) mass is 262 g/mol. The number of carbonyl (C=O) groups is 1. The smallest absolute Gasteiger partial charge is 0.261 e. The van der Waals surface area contributed by atoms with Gasteiger partial charge in [-0.15, -0.1) is 0 Å². The van der Waals surface area contributed by atoms with Gasteiger partial charge in [-0.05, 0) is 17.7 Å². The van der Waals surface area contributed by atoms with Crippen LogP contribution in [-0.2, 0) is 16.0 Å². The molecule has 2 nitrogen and oxygen atoms in total. The fourth-order valence-corrected chi connectivity index (χ4v) is 1.40. The number of rotatable bonds is 7. The molecule has 17 heavy (non-hydrogen) atoms. The highest BCUT2D eigenvalue weighted by molar-refractivity contribution is 6.30. The first-order valence-electron chi connectivity index (χ1n) is 5.20. The maximum atomic E-state index is 11.7. The van der Waals surface area contributed by atoms with Gasteiger partial charge < -0.3 is 4.74 Å². The Labute approximate surface area is 104 Å². The van der Waals surface area contributed by atoms with Crippen LogP contribution in [0.25, 0.3) is 0 Å². The van der Waals surface area contributed by atoms with Crippen LogP contribution in [0.4, 0.5) is 8.78 Å². The van der Waals surface area contributed by atoms with Gasteiger partial charge in [-0.2, -0.15) is 0 Å². The van der Waals surface area contributed by atoms with E-state index in [9.17, 15) is 13.6 Å². The first kappa shape index (κ1) is 14.1. The second-order valence-corrected chi connectivity index (χ2v) is 3.99. The summed E-state index contributed by atoms with van der Waals surface area (Å²) in [6, 6.07) is 6.94. The molecular weight excluding hydrogens is 250 g/mol. The van der Waals surface area contributed by atoms with E-state index >= 15 is 0 Å². The molecule has 1 rings (SSSR count). The number of Topliss-reactive ketones (excluding diaryl/α,β-unsaturated/α-hetero) is 1. The zero-order chi connectivity index (χ0) is 12.7. The number of alkyl halides is 2. The van der Waals surface area contributed by atoms with Gasteiger partial charge in [0, 0.05) is 17.9 Å². The Morgan fingerprint density at radius 3 is 2.53 bits per heavy atom. The average Bonchev–Trinajstić information content (AvgIpc) is 2.27. The van der Waals surface area contributed by atoms with Crippen molar-refractivity contribution in [3.05, 3.63) is 34.9 Å². The van der Waals surface area contributed by atoms with Crippen LogP contribution in [0.5, 0.6) is 0 Å². The summed E-state index contributed by atoms with van der Waals surface area (Å²) in [7, 11) is 0. The lowest BCUT2D eigenvalue weighted by Crippen LogP contribution is -2.10. The predicted molar refractivity (Wildman–Crippen MR) is 61.6 cm³/mol. The highest BCUT2D eigenvalue weighted by Gasteiger charge is 2.06. The lowest BCUT2D eigenvalue weighted by Gasteiger charge is -2.03. The Bertz CT molecular complexity index is 352. The van der Waals surface area contributed by atoms with E-state index < -0.39 is 13.0 Å². The number of halogens is 3. The molecule has 94 valence electrons. The van der Waals surface area contributed by atoms with Crippen molar-refractivity contribution >= 4 is 17.4 Å². The van der Waals surface area contributed by atoms with Gasteiger partial charge in [0.15, 0.2) is 0 Å². The van der Waals surface area contributed by atoms with Gasteiger partial charge in [-0.25, -0.2) is 8.78 Å². The Morgan fingerprint density at radius 2 is 1.94 bits per heavy atom. The molecule has 0 spiro atoms. The molecule has 1 aromatic carbocycles. The van der Waals surface area contributed by atoms with Crippen molar-refractivity contribution in [1.82, 2.24) is 0 Å². The van der Waals surface area contributed by atoms with Gasteiger partial charge in [0.05, 0.1) is 6.61 Å². The van der Waals surface area contributed by atoms with Crippen LogP contribution >= 0.6 is 11.6 Å². The molecule has 0 unspecified atom stereocenters. The Hall–Kier alpha value is -1.00. The third-order valence-corrected chi connectivity index (χ3v) is 2.34. The molecule has 0 aromatic heterocycles. The Balaban J connectivity index is 2.23. The molecule has 0 amide bonds. The van der Waals surface area contributed by atoms with Crippen molar-refractivity contribution in [3.63, 3.8) is 0 Å². The summed E-state index contributed by atoms with van der Waals surface area (Å²) in [6.45, 7) is -0.578. The molecule has 0 radical (unpaired) electrons. The molecule has 0 N–H and O–H groups in total. The molecule has 0 saturated carbocycles. The minimum Gasteiger partial charge on any atom is -0.375 e. The number of hydrogen-bond donors (Lipinski definition) is 0. The zero-order valence-electron chi connectivity index (χ0n) is 9.17. The van der Waals surface area contributed by atoms with Crippen LogP contribution in [0.3, 0.4) is 0 Å². The zero-order valence-corrected chi connectivity index (χ0v) is 9.92. The van der Waals surface area contributed by atoms with Crippen molar-refractivity contribution < 1.29 is 18.3 Å². The maximum Gasteiger partial charge on any atom is 0.261 e. The summed E-state index contributed by atoms with van der Waals surface area (Å²) in [5.41, 5.74) is 0.855. The summed E-state index contributed by atoms with van der Waals surface area (Å²) in [6.07, 6.45) is -2.06. The van der Waals surface area contributed by atoms with Crippen molar-refractivity contribution in [2.45, 2.75) is 19.3 Å². The fraction of sp³-hybridized carbons (Fsp3) is 0.417. The molecule has 0 atom stereocenters. The van der Waals surface area contributed by atoms with Crippen LogP contribution in [0.15, 0.2) is 24.3 Å². The fourth-order valence-electron chi connectivity index (χ4n) is 1.28. The van der Waals surface area contributed by atoms with Crippen LogP contribution < -0.4 is 0 Å². The molecule has 0 saturated heterocycles. The summed E-state index contributed by atoms with van der Waals surface area (Å²) in [5, 5.41) is 0.612. The molecule has 0 aliphatic carbocycles. The standard InChI is InChI=1S/C12H13ClF2O2/c13-10-3-1-9(2-4-10)7-11(16)5-6-17-8-12(14)15/h1-4,12H,5-8H2. The minimum atomic E-state index is -2.48. The van der Waals surface area contributed by atoms with Gasteiger partial charge in [0.25, 0.3) is 6.43 Å². The topological polar surface area (TPSA) is 26.3 Å². The van der Waals surface area contributed by atoms with Gasteiger partial charge in [0.1, 0.15) is 12.4 Å². The van der Waals surface area contributed by atoms with E-state index in [1.807, 2.05) is 0 Å². The summed E-state index contributed by atoms with van der Waals surface area (Å²) in [5.74, 6) is -0.0402. The second kappa shape index (κ2) is 7.35. The van der Waals surface area contributed by atoms with Gasteiger partial charge in [-0.1, -0.05) is 23.7 Å². The van der Waals surface area contributed by atoms with Crippen LogP contribution in [-0.4, -0.2) is 25.4 Å². The molecule has 0 fully saturated rings. The van der Waals surface area contributed by atoms with E-state index in [-0.39, 0.29) is 25.2 Å².